The number of thiophene rings is 1. The van der Waals surface area contributed by atoms with E-state index in [1.165, 1.54) is 11.4 Å². The molecular formula is C15H22N2O5S2. The number of piperidine rings is 1. The molecule has 134 valence electrons. The average molecular weight is 374 g/mol. The van der Waals surface area contributed by atoms with Crippen molar-refractivity contribution in [3.05, 3.63) is 15.8 Å². The van der Waals surface area contributed by atoms with E-state index in [0.717, 1.165) is 17.9 Å². The quantitative estimate of drug-likeness (QED) is 0.733. The number of sulfonamides is 1. The molecule has 2 aliphatic rings. The molecular weight excluding hydrogens is 352 g/mol. The fourth-order valence-electron chi connectivity index (χ4n) is 3.35. The van der Waals surface area contributed by atoms with Crippen LogP contribution in [-0.4, -0.2) is 76.1 Å². The molecule has 2 saturated heterocycles. The van der Waals surface area contributed by atoms with Crippen LogP contribution in [0.1, 0.15) is 21.7 Å². The van der Waals surface area contributed by atoms with Crippen LogP contribution in [0.5, 0.6) is 0 Å². The van der Waals surface area contributed by atoms with Gasteiger partial charge in [0.15, 0.2) is 0 Å². The Labute approximate surface area is 146 Å². The number of nitrogens with zero attached hydrogens (tertiary/aromatic N) is 2. The summed E-state index contributed by atoms with van der Waals surface area (Å²) in [5.74, 6) is -0.611. The second-order valence-corrected chi connectivity index (χ2v) is 8.93. The summed E-state index contributed by atoms with van der Waals surface area (Å²) in [5.41, 5.74) is 0.579. The molecule has 0 radical (unpaired) electrons. The number of ether oxygens (including phenoxy) is 2. The number of hydrogen-bond acceptors (Lipinski definition) is 7. The summed E-state index contributed by atoms with van der Waals surface area (Å²) in [6.45, 7) is 3.95. The van der Waals surface area contributed by atoms with Crippen molar-refractivity contribution in [2.45, 2.75) is 30.4 Å². The number of likely N-dealkylation sites (N-methyl/N-ethyl adjacent to an activating group) is 1. The highest BCUT2D eigenvalue weighted by molar-refractivity contribution is 7.89. The zero-order valence-electron chi connectivity index (χ0n) is 14.0. The van der Waals surface area contributed by atoms with Crippen LogP contribution in [0.3, 0.4) is 0 Å². The number of morpholine rings is 1. The molecule has 0 aromatic carbocycles. The Balaban J connectivity index is 1.92. The van der Waals surface area contributed by atoms with Crippen molar-refractivity contribution in [2.24, 2.45) is 0 Å². The van der Waals surface area contributed by atoms with E-state index in [-0.39, 0.29) is 21.9 Å². The summed E-state index contributed by atoms with van der Waals surface area (Å²) in [6, 6.07) is 0.0443. The molecule has 3 heterocycles. The Morgan fingerprint density at radius 2 is 2.17 bits per heavy atom. The van der Waals surface area contributed by atoms with Crippen molar-refractivity contribution >= 4 is 27.3 Å². The van der Waals surface area contributed by atoms with Gasteiger partial charge < -0.3 is 9.47 Å². The third-order valence-electron chi connectivity index (χ3n) is 4.71. The number of aryl methyl sites for hydroxylation is 1. The first-order valence-electron chi connectivity index (χ1n) is 7.84. The molecule has 0 aliphatic carbocycles. The van der Waals surface area contributed by atoms with Crippen LogP contribution in [0.2, 0.25) is 0 Å². The lowest BCUT2D eigenvalue weighted by molar-refractivity contribution is -0.0840. The molecule has 24 heavy (non-hydrogen) atoms. The number of esters is 1. The summed E-state index contributed by atoms with van der Waals surface area (Å²) < 4.78 is 38.3. The van der Waals surface area contributed by atoms with E-state index in [9.17, 15) is 13.2 Å². The molecule has 9 heteroatoms. The smallest absolute Gasteiger partial charge is 0.349 e. The van der Waals surface area contributed by atoms with Crippen LogP contribution in [0.15, 0.2) is 10.3 Å². The third-order valence-corrected chi connectivity index (χ3v) is 7.97. The molecule has 0 N–H and O–H groups in total. The van der Waals surface area contributed by atoms with Gasteiger partial charge in [-0.05, 0) is 31.3 Å². The minimum atomic E-state index is -3.75. The van der Waals surface area contributed by atoms with Crippen LogP contribution in [0, 0.1) is 6.92 Å². The molecule has 2 fully saturated rings. The summed E-state index contributed by atoms with van der Waals surface area (Å²) >= 11 is 1.11. The molecule has 1 aromatic heterocycles. The van der Waals surface area contributed by atoms with E-state index in [1.807, 2.05) is 7.05 Å². The lowest BCUT2D eigenvalue weighted by Crippen LogP contribution is -2.59. The van der Waals surface area contributed by atoms with E-state index >= 15 is 0 Å². The van der Waals surface area contributed by atoms with Gasteiger partial charge in [0.1, 0.15) is 9.77 Å². The Bertz CT molecular complexity index is 730. The minimum absolute atomic E-state index is 0.0443. The molecule has 2 aliphatic heterocycles. The Morgan fingerprint density at radius 3 is 2.88 bits per heavy atom. The molecule has 2 unspecified atom stereocenters. The predicted molar refractivity (Wildman–Crippen MR) is 89.9 cm³/mol. The van der Waals surface area contributed by atoms with Gasteiger partial charge in [-0.2, -0.15) is 4.31 Å². The second kappa shape index (κ2) is 6.72. The first-order valence-corrected chi connectivity index (χ1v) is 10.2. The maximum absolute atomic E-state index is 13.2. The zero-order chi connectivity index (χ0) is 17.5. The van der Waals surface area contributed by atoms with Crippen molar-refractivity contribution in [3.63, 3.8) is 0 Å². The van der Waals surface area contributed by atoms with Gasteiger partial charge in [-0.15, -0.1) is 11.3 Å². The molecule has 1 aromatic rings. The SMILES string of the molecule is COC(=O)c1scc(C)c1S(=O)(=O)N1CCC2OCCN(C)C2C1. The van der Waals surface area contributed by atoms with Gasteiger partial charge in [0.05, 0.1) is 19.8 Å². The van der Waals surface area contributed by atoms with Gasteiger partial charge in [-0.25, -0.2) is 13.2 Å². The van der Waals surface area contributed by atoms with Gasteiger partial charge in [0.2, 0.25) is 10.0 Å². The van der Waals surface area contributed by atoms with E-state index in [1.54, 1.807) is 12.3 Å². The molecule has 2 atom stereocenters. The molecule has 0 spiro atoms. The van der Waals surface area contributed by atoms with Crippen molar-refractivity contribution < 1.29 is 22.7 Å². The summed E-state index contributed by atoms with van der Waals surface area (Å²) in [7, 11) is -0.499. The van der Waals surface area contributed by atoms with Crippen LogP contribution >= 0.6 is 11.3 Å². The number of carbonyl (C=O) groups is 1. The van der Waals surface area contributed by atoms with Crippen molar-refractivity contribution in [1.29, 1.82) is 0 Å². The molecule has 3 rings (SSSR count). The first kappa shape index (κ1) is 17.8. The maximum atomic E-state index is 13.2. The zero-order valence-corrected chi connectivity index (χ0v) is 15.7. The summed E-state index contributed by atoms with van der Waals surface area (Å²) in [4.78, 5) is 14.3. The van der Waals surface area contributed by atoms with Crippen LogP contribution < -0.4 is 0 Å². The van der Waals surface area contributed by atoms with Crippen molar-refractivity contribution in [3.8, 4) is 0 Å². The van der Waals surface area contributed by atoms with Crippen molar-refractivity contribution in [1.82, 2.24) is 9.21 Å². The van der Waals surface area contributed by atoms with Crippen LogP contribution in [0.25, 0.3) is 0 Å². The predicted octanol–water partition coefficient (Wildman–Crippen LogP) is 0.937. The number of rotatable bonds is 3. The van der Waals surface area contributed by atoms with E-state index in [4.69, 9.17) is 9.47 Å². The summed E-state index contributed by atoms with van der Waals surface area (Å²) in [6.07, 6.45) is 0.726. The van der Waals surface area contributed by atoms with Crippen LogP contribution in [-0.2, 0) is 19.5 Å². The Morgan fingerprint density at radius 1 is 1.42 bits per heavy atom. The third kappa shape index (κ3) is 2.99. The normalized spacial score (nSPS) is 26.1. The van der Waals surface area contributed by atoms with Crippen molar-refractivity contribution in [2.75, 3.05) is 40.4 Å². The molecule has 0 saturated carbocycles. The Kier molecular flexibility index (Phi) is 4.99. The number of fused-ring (bicyclic) bond motifs is 1. The molecule has 0 bridgehead atoms. The van der Waals surface area contributed by atoms with Gasteiger partial charge >= 0.3 is 5.97 Å². The molecule has 0 amide bonds. The maximum Gasteiger partial charge on any atom is 0.349 e. The largest absolute Gasteiger partial charge is 0.465 e. The van der Waals surface area contributed by atoms with Crippen LogP contribution in [0.4, 0.5) is 0 Å². The minimum Gasteiger partial charge on any atom is -0.465 e. The van der Waals surface area contributed by atoms with E-state index in [0.29, 0.717) is 31.7 Å². The summed E-state index contributed by atoms with van der Waals surface area (Å²) in [5, 5.41) is 1.68. The second-order valence-electron chi connectivity index (χ2n) is 6.18. The highest BCUT2D eigenvalue weighted by Gasteiger charge is 2.41. The number of hydrogen-bond donors (Lipinski definition) is 0. The highest BCUT2D eigenvalue weighted by Crippen LogP contribution is 2.33. The van der Waals surface area contributed by atoms with Gasteiger partial charge in [-0.1, -0.05) is 0 Å². The van der Waals surface area contributed by atoms with Gasteiger partial charge in [0.25, 0.3) is 0 Å². The van der Waals surface area contributed by atoms with E-state index < -0.39 is 16.0 Å². The molecule has 7 nitrogen and oxygen atoms in total. The average Bonchev–Trinajstić information content (AvgIpc) is 2.96. The van der Waals surface area contributed by atoms with E-state index in [2.05, 4.69) is 4.90 Å². The lowest BCUT2D eigenvalue weighted by atomic mass is 10.0. The Hall–Kier alpha value is -1.00. The highest BCUT2D eigenvalue weighted by atomic mass is 32.2. The van der Waals surface area contributed by atoms with Gasteiger partial charge in [-0.3, -0.25) is 4.90 Å². The standard InChI is InChI=1S/C15H22N2O5S2/c1-10-9-23-13(15(18)21-3)14(10)24(19,20)17-5-4-12-11(8-17)16(2)6-7-22-12/h9,11-12H,4-8H2,1-3H3. The lowest BCUT2D eigenvalue weighted by Gasteiger charge is -2.45. The fourth-order valence-corrected chi connectivity index (χ4v) is 6.48. The van der Waals surface area contributed by atoms with Gasteiger partial charge in [0, 0.05) is 25.7 Å². The fraction of sp³-hybridized carbons (Fsp3) is 0.667. The first-order chi connectivity index (χ1) is 11.4. The topological polar surface area (TPSA) is 76.2 Å². The number of carbonyl (C=O) groups excluding carboxylic acids is 1. The monoisotopic (exact) mass is 374 g/mol. The number of methoxy groups -OCH3 is 1.